The molecule has 5 nitrogen and oxygen atoms in total. The minimum atomic E-state index is -0.277. The maximum atomic E-state index is 13.0. The Kier molecular flexibility index (Phi) is 5.13. The number of aromatic nitrogens is 1. The fourth-order valence-electron chi connectivity index (χ4n) is 2.86. The molecule has 3 aromatic rings. The van der Waals surface area contributed by atoms with Gasteiger partial charge in [-0.05, 0) is 42.0 Å². The summed E-state index contributed by atoms with van der Waals surface area (Å²) in [5.41, 5.74) is 1.53. The molecule has 0 unspecified atom stereocenters. The minimum absolute atomic E-state index is 0.186. The molecule has 7 heteroatoms. The quantitative estimate of drug-likeness (QED) is 0.739. The van der Waals surface area contributed by atoms with E-state index in [1.54, 1.807) is 24.4 Å². The minimum Gasteiger partial charge on any atom is -0.378 e. The number of nitrogens with zero attached hydrogens (tertiary/aromatic N) is 2. The van der Waals surface area contributed by atoms with Gasteiger partial charge in [0, 0.05) is 18.0 Å². The first kappa shape index (κ1) is 17.6. The average Bonchev–Trinajstić information content (AvgIpc) is 3.20. The van der Waals surface area contributed by atoms with Crippen LogP contribution in [-0.2, 0) is 4.74 Å². The van der Waals surface area contributed by atoms with Crippen LogP contribution in [0.5, 0.6) is 0 Å². The van der Waals surface area contributed by atoms with E-state index in [0.717, 1.165) is 29.3 Å². The molecule has 0 saturated carbocycles. The number of rotatable bonds is 4. The van der Waals surface area contributed by atoms with Gasteiger partial charge in [0.15, 0.2) is 0 Å². The Labute approximate surface area is 160 Å². The largest absolute Gasteiger partial charge is 0.378 e. The molecule has 1 saturated heterocycles. The summed E-state index contributed by atoms with van der Waals surface area (Å²) in [6, 6.07) is 13.6. The molecule has 0 spiro atoms. The van der Waals surface area contributed by atoms with Gasteiger partial charge in [-0.25, -0.2) is 9.37 Å². The van der Waals surface area contributed by atoms with E-state index < -0.39 is 0 Å². The topological polar surface area (TPSA) is 54.5 Å². The zero-order chi connectivity index (χ0) is 18.6. The van der Waals surface area contributed by atoms with Crippen LogP contribution in [0.2, 0.25) is 0 Å². The first-order chi connectivity index (χ1) is 13.2. The molecule has 2 aromatic heterocycles. The van der Waals surface area contributed by atoms with Crippen LogP contribution in [0.25, 0.3) is 10.4 Å². The number of amides is 1. The van der Waals surface area contributed by atoms with E-state index in [0.29, 0.717) is 23.8 Å². The normalized spacial score (nSPS) is 14.2. The van der Waals surface area contributed by atoms with Crippen LogP contribution < -0.4 is 10.2 Å². The number of hydrogen-bond acceptors (Lipinski definition) is 5. The number of ether oxygens (including phenoxy) is 1. The molecule has 1 fully saturated rings. The molecule has 1 aliphatic rings. The van der Waals surface area contributed by atoms with Gasteiger partial charge in [-0.15, -0.1) is 11.3 Å². The fourth-order valence-corrected chi connectivity index (χ4v) is 3.77. The van der Waals surface area contributed by atoms with Crippen molar-refractivity contribution in [1.29, 1.82) is 0 Å². The molecule has 3 heterocycles. The number of benzene rings is 1. The monoisotopic (exact) mass is 383 g/mol. The molecule has 1 aromatic carbocycles. The SMILES string of the molecule is O=C(Nc1ccc(N2CCOCC2)nc1)c1ccc(-c2ccc(F)cc2)s1. The summed E-state index contributed by atoms with van der Waals surface area (Å²) in [4.78, 5) is 20.6. The van der Waals surface area contributed by atoms with E-state index in [-0.39, 0.29) is 11.7 Å². The van der Waals surface area contributed by atoms with Crippen molar-refractivity contribution < 1.29 is 13.9 Å². The smallest absolute Gasteiger partial charge is 0.265 e. The Morgan fingerprint density at radius 3 is 2.56 bits per heavy atom. The molecule has 0 aliphatic carbocycles. The zero-order valence-corrected chi connectivity index (χ0v) is 15.3. The number of halogens is 1. The summed E-state index contributed by atoms with van der Waals surface area (Å²) in [5, 5.41) is 2.87. The maximum Gasteiger partial charge on any atom is 0.265 e. The third kappa shape index (κ3) is 4.15. The highest BCUT2D eigenvalue weighted by atomic mass is 32.1. The lowest BCUT2D eigenvalue weighted by Gasteiger charge is -2.27. The molecule has 4 rings (SSSR count). The Bertz CT molecular complexity index is 919. The molecule has 1 aliphatic heterocycles. The van der Waals surface area contributed by atoms with Gasteiger partial charge in [0.05, 0.1) is 30.0 Å². The molecule has 0 bridgehead atoms. The summed E-state index contributed by atoms with van der Waals surface area (Å²) >= 11 is 1.37. The molecule has 1 amide bonds. The van der Waals surface area contributed by atoms with Crippen LogP contribution in [-0.4, -0.2) is 37.2 Å². The first-order valence-electron chi connectivity index (χ1n) is 8.65. The highest BCUT2D eigenvalue weighted by Crippen LogP contribution is 2.28. The van der Waals surface area contributed by atoms with Crippen LogP contribution in [0.4, 0.5) is 15.9 Å². The molecule has 138 valence electrons. The second-order valence-corrected chi connectivity index (χ2v) is 7.21. The second-order valence-electron chi connectivity index (χ2n) is 6.13. The van der Waals surface area contributed by atoms with Gasteiger partial charge in [0.1, 0.15) is 11.6 Å². The third-order valence-corrected chi connectivity index (χ3v) is 5.43. The summed E-state index contributed by atoms with van der Waals surface area (Å²) < 4.78 is 18.4. The van der Waals surface area contributed by atoms with Crippen molar-refractivity contribution in [2.45, 2.75) is 0 Å². The van der Waals surface area contributed by atoms with Gasteiger partial charge in [0.2, 0.25) is 0 Å². The number of pyridine rings is 1. The van der Waals surface area contributed by atoms with Crippen molar-refractivity contribution in [3.05, 3.63) is 65.4 Å². The number of carbonyl (C=O) groups excluding carboxylic acids is 1. The van der Waals surface area contributed by atoms with Gasteiger partial charge in [0.25, 0.3) is 5.91 Å². The summed E-state index contributed by atoms with van der Waals surface area (Å²) in [5.74, 6) is 0.418. The number of morpholine rings is 1. The second kappa shape index (κ2) is 7.85. The predicted octanol–water partition coefficient (Wildman–Crippen LogP) is 4.04. The van der Waals surface area contributed by atoms with Crippen LogP contribution in [0.1, 0.15) is 9.67 Å². The highest BCUT2D eigenvalue weighted by molar-refractivity contribution is 7.17. The van der Waals surface area contributed by atoms with E-state index in [1.807, 2.05) is 18.2 Å². The number of thiophene rings is 1. The number of anilines is 2. The maximum absolute atomic E-state index is 13.0. The van der Waals surface area contributed by atoms with Gasteiger partial charge >= 0.3 is 0 Å². The number of nitrogens with one attached hydrogen (secondary N) is 1. The molecule has 0 radical (unpaired) electrons. The lowest BCUT2D eigenvalue weighted by atomic mass is 10.2. The van der Waals surface area contributed by atoms with E-state index in [1.165, 1.54) is 23.5 Å². The van der Waals surface area contributed by atoms with E-state index >= 15 is 0 Å². The van der Waals surface area contributed by atoms with Crippen molar-refractivity contribution in [2.75, 3.05) is 36.5 Å². The molecule has 27 heavy (non-hydrogen) atoms. The lowest BCUT2D eigenvalue weighted by molar-refractivity contribution is 0.103. The van der Waals surface area contributed by atoms with Gasteiger partial charge in [-0.1, -0.05) is 12.1 Å². The van der Waals surface area contributed by atoms with Gasteiger partial charge < -0.3 is 15.0 Å². The van der Waals surface area contributed by atoms with E-state index in [4.69, 9.17) is 4.74 Å². The van der Waals surface area contributed by atoms with Crippen molar-refractivity contribution in [2.24, 2.45) is 0 Å². The van der Waals surface area contributed by atoms with E-state index in [2.05, 4.69) is 15.2 Å². The Balaban J connectivity index is 1.42. The third-order valence-electron chi connectivity index (χ3n) is 4.30. The Morgan fingerprint density at radius 1 is 1.07 bits per heavy atom. The number of carbonyl (C=O) groups is 1. The van der Waals surface area contributed by atoms with E-state index in [9.17, 15) is 9.18 Å². The van der Waals surface area contributed by atoms with Gasteiger partial charge in [-0.3, -0.25) is 4.79 Å². The van der Waals surface area contributed by atoms with Crippen LogP contribution in [0.15, 0.2) is 54.7 Å². The summed E-state index contributed by atoms with van der Waals surface area (Å²) in [6.45, 7) is 3.05. The predicted molar refractivity (Wildman–Crippen MR) is 105 cm³/mol. The van der Waals surface area contributed by atoms with Crippen molar-refractivity contribution in [1.82, 2.24) is 4.98 Å². The Morgan fingerprint density at radius 2 is 1.85 bits per heavy atom. The van der Waals surface area contributed by atoms with Gasteiger partial charge in [-0.2, -0.15) is 0 Å². The van der Waals surface area contributed by atoms with Crippen molar-refractivity contribution >= 4 is 28.7 Å². The van der Waals surface area contributed by atoms with Crippen LogP contribution in [0.3, 0.4) is 0 Å². The van der Waals surface area contributed by atoms with Crippen LogP contribution in [0, 0.1) is 5.82 Å². The number of hydrogen-bond donors (Lipinski definition) is 1. The molecule has 1 N–H and O–H groups in total. The Hall–Kier alpha value is -2.77. The first-order valence-corrected chi connectivity index (χ1v) is 9.46. The summed E-state index contributed by atoms with van der Waals surface area (Å²) in [6.07, 6.45) is 1.66. The standard InChI is InChI=1S/C20H18FN3O2S/c21-15-3-1-14(2-4-15)17-6-7-18(27-17)20(25)23-16-5-8-19(22-13-16)24-9-11-26-12-10-24/h1-8,13H,9-12H2,(H,23,25). The molecular formula is C20H18FN3O2S. The van der Waals surface area contributed by atoms with Crippen LogP contribution >= 0.6 is 11.3 Å². The molecular weight excluding hydrogens is 365 g/mol. The fraction of sp³-hybridized carbons (Fsp3) is 0.200. The lowest BCUT2D eigenvalue weighted by Crippen LogP contribution is -2.36. The molecule has 0 atom stereocenters. The zero-order valence-electron chi connectivity index (χ0n) is 14.5. The van der Waals surface area contributed by atoms with Crippen molar-refractivity contribution in [3.63, 3.8) is 0 Å². The summed E-state index contributed by atoms with van der Waals surface area (Å²) in [7, 11) is 0. The average molecular weight is 383 g/mol. The van der Waals surface area contributed by atoms with Crippen molar-refractivity contribution in [3.8, 4) is 10.4 Å². The highest BCUT2D eigenvalue weighted by Gasteiger charge is 2.14.